The van der Waals surface area contributed by atoms with Gasteiger partial charge in [0.15, 0.2) is 5.78 Å². The number of carbonyl (C=O) groups excluding carboxylic acids is 2. The maximum absolute atomic E-state index is 11.4. The molecule has 1 aliphatic heterocycles. The molecule has 1 saturated heterocycles. The molecule has 0 amide bonds. The van der Waals surface area contributed by atoms with Crippen LogP contribution in [0.5, 0.6) is 0 Å². The number of ether oxygens (including phenoxy) is 1. The number of allylic oxidation sites excluding steroid dienone is 2. The summed E-state index contributed by atoms with van der Waals surface area (Å²) in [4.78, 5) is 22.5. The van der Waals surface area contributed by atoms with E-state index in [9.17, 15) is 9.59 Å². The third kappa shape index (κ3) is 3.42. The second-order valence-corrected chi connectivity index (χ2v) is 3.28. The standard InChI is InChI=1S/C11H16N2O3/c1-3-16-10(15)5-4-9(8(2)14)11-12-6-7-13-11/h4-5,12-13H,3,6-7H2,1-2H3/b5-4+. The van der Waals surface area contributed by atoms with Crippen molar-refractivity contribution >= 4 is 11.8 Å². The number of hydrogen-bond donors (Lipinski definition) is 2. The highest BCUT2D eigenvalue weighted by molar-refractivity contribution is 5.98. The van der Waals surface area contributed by atoms with Crippen molar-refractivity contribution in [3.63, 3.8) is 0 Å². The number of esters is 1. The molecule has 0 unspecified atom stereocenters. The van der Waals surface area contributed by atoms with E-state index in [-0.39, 0.29) is 5.78 Å². The number of rotatable bonds is 4. The fraction of sp³-hybridized carbons (Fsp3) is 0.455. The van der Waals surface area contributed by atoms with E-state index in [1.165, 1.54) is 19.1 Å². The molecule has 16 heavy (non-hydrogen) atoms. The zero-order valence-corrected chi connectivity index (χ0v) is 9.50. The molecule has 0 bridgehead atoms. The molecule has 1 aliphatic rings. The summed E-state index contributed by atoms with van der Waals surface area (Å²) in [7, 11) is 0. The van der Waals surface area contributed by atoms with Crippen molar-refractivity contribution in [1.29, 1.82) is 0 Å². The molecule has 5 heteroatoms. The molecule has 0 saturated carbocycles. The molecule has 0 aromatic rings. The van der Waals surface area contributed by atoms with Gasteiger partial charge >= 0.3 is 5.97 Å². The fourth-order valence-electron chi connectivity index (χ4n) is 1.35. The Balaban J connectivity index is 2.76. The van der Waals surface area contributed by atoms with E-state index >= 15 is 0 Å². The predicted octanol–water partition coefficient (Wildman–Crippen LogP) is 0.0991. The zero-order valence-electron chi connectivity index (χ0n) is 9.50. The molecule has 88 valence electrons. The molecule has 5 nitrogen and oxygen atoms in total. The van der Waals surface area contributed by atoms with E-state index in [0.717, 1.165) is 13.1 Å². The lowest BCUT2D eigenvalue weighted by molar-refractivity contribution is -0.137. The van der Waals surface area contributed by atoms with Crippen molar-refractivity contribution < 1.29 is 14.3 Å². The molecule has 1 rings (SSSR count). The lowest BCUT2D eigenvalue weighted by Crippen LogP contribution is -2.16. The minimum absolute atomic E-state index is 0.0996. The normalized spacial score (nSPS) is 14.5. The van der Waals surface area contributed by atoms with E-state index < -0.39 is 5.97 Å². The average molecular weight is 224 g/mol. The summed E-state index contributed by atoms with van der Waals surface area (Å²) in [5, 5.41) is 6.08. The van der Waals surface area contributed by atoms with Gasteiger partial charge in [-0.2, -0.15) is 0 Å². The Labute approximate surface area is 94.5 Å². The maximum Gasteiger partial charge on any atom is 0.330 e. The summed E-state index contributed by atoms with van der Waals surface area (Å²) in [6.07, 6.45) is 2.73. The second-order valence-electron chi connectivity index (χ2n) is 3.28. The third-order valence-corrected chi connectivity index (χ3v) is 2.05. The summed E-state index contributed by atoms with van der Waals surface area (Å²) in [6, 6.07) is 0. The smallest absolute Gasteiger partial charge is 0.330 e. The van der Waals surface area contributed by atoms with Crippen molar-refractivity contribution in [3.8, 4) is 0 Å². The highest BCUT2D eigenvalue weighted by Crippen LogP contribution is 2.05. The van der Waals surface area contributed by atoms with Crippen LogP contribution in [0, 0.1) is 0 Å². The molecular weight excluding hydrogens is 208 g/mol. The molecule has 0 spiro atoms. The summed E-state index contributed by atoms with van der Waals surface area (Å²) < 4.78 is 4.73. The number of carbonyl (C=O) groups is 2. The quantitative estimate of drug-likeness (QED) is 0.523. The van der Waals surface area contributed by atoms with Crippen LogP contribution in [0.25, 0.3) is 0 Å². The molecule has 2 N–H and O–H groups in total. The molecule has 0 radical (unpaired) electrons. The Morgan fingerprint density at radius 3 is 2.44 bits per heavy atom. The molecule has 0 atom stereocenters. The van der Waals surface area contributed by atoms with E-state index in [0.29, 0.717) is 18.0 Å². The monoisotopic (exact) mass is 224 g/mol. The van der Waals surface area contributed by atoms with Crippen LogP contribution in [-0.2, 0) is 14.3 Å². The molecule has 0 aromatic heterocycles. The van der Waals surface area contributed by atoms with Gasteiger partial charge in [0.2, 0.25) is 0 Å². The van der Waals surface area contributed by atoms with Gasteiger partial charge < -0.3 is 15.4 Å². The van der Waals surface area contributed by atoms with E-state index in [1.807, 2.05) is 0 Å². The lowest BCUT2D eigenvalue weighted by Gasteiger charge is -2.04. The lowest BCUT2D eigenvalue weighted by atomic mass is 10.1. The van der Waals surface area contributed by atoms with Gasteiger partial charge in [0, 0.05) is 19.2 Å². The van der Waals surface area contributed by atoms with Crippen LogP contribution >= 0.6 is 0 Å². The molecule has 0 aromatic carbocycles. The first kappa shape index (κ1) is 12.3. The Bertz CT molecular complexity index is 337. The Hall–Kier alpha value is -1.78. The molecule has 0 aliphatic carbocycles. The van der Waals surface area contributed by atoms with Gasteiger partial charge in [-0.25, -0.2) is 4.79 Å². The first-order valence-electron chi connectivity index (χ1n) is 5.23. The van der Waals surface area contributed by atoms with Crippen LogP contribution in [0.1, 0.15) is 13.8 Å². The third-order valence-electron chi connectivity index (χ3n) is 2.05. The van der Waals surface area contributed by atoms with Gasteiger partial charge in [0.1, 0.15) is 5.82 Å². The van der Waals surface area contributed by atoms with Crippen LogP contribution in [-0.4, -0.2) is 31.4 Å². The van der Waals surface area contributed by atoms with Gasteiger partial charge in [-0.1, -0.05) is 0 Å². The topological polar surface area (TPSA) is 67.4 Å². The number of Topliss-reactive ketones (excluding diaryl/α,β-unsaturated/α-hetero) is 1. The van der Waals surface area contributed by atoms with Crippen molar-refractivity contribution in [2.75, 3.05) is 19.7 Å². The predicted molar refractivity (Wildman–Crippen MR) is 59.5 cm³/mol. The second kappa shape index (κ2) is 5.95. The molecular formula is C11H16N2O3. The van der Waals surface area contributed by atoms with Crippen molar-refractivity contribution in [2.24, 2.45) is 0 Å². The summed E-state index contributed by atoms with van der Waals surface area (Å²) >= 11 is 0. The minimum atomic E-state index is -0.445. The van der Waals surface area contributed by atoms with Crippen LogP contribution < -0.4 is 10.6 Å². The van der Waals surface area contributed by atoms with Crippen LogP contribution in [0.2, 0.25) is 0 Å². The molecule has 1 fully saturated rings. The highest BCUT2D eigenvalue weighted by atomic mass is 16.5. The first-order chi connectivity index (χ1) is 7.65. The Morgan fingerprint density at radius 1 is 1.31 bits per heavy atom. The number of nitrogens with one attached hydrogen (secondary N) is 2. The van der Waals surface area contributed by atoms with Crippen molar-refractivity contribution in [3.05, 3.63) is 23.5 Å². The van der Waals surface area contributed by atoms with Gasteiger partial charge in [-0.05, 0) is 19.9 Å². The van der Waals surface area contributed by atoms with Crippen LogP contribution in [0.15, 0.2) is 23.5 Å². The fourth-order valence-corrected chi connectivity index (χ4v) is 1.35. The minimum Gasteiger partial charge on any atom is -0.463 e. The van der Waals surface area contributed by atoms with E-state index in [4.69, 9.17) is 4.74 Å². The summed E-state index contributed by atoms with van der Waals surface area (Å²) in [6.45, 7) is 5.07. The first-order valence-corrected chi connectivity index (χ1v) is 5.23. The van der Waals surface area contributed by atoms with Gasteiger partial charge in [0.05, 0.1) is 12.2 Å². The average Bonchev–Trinajstić information content (AvgIpc) is 2.71. The Kier molecular flexibility index (Phi) is 4.57. The zero-order chi connectivity index (χ0) is 12.0. The number of hydrogen-bond acceptors (Lipinski definition) is 5. The highest BCUT2D eigenvalue weighted by Gasteiger charge is 2.12. The van der Waals surface area contributed by atoms with Crippen LogP contribution in [0.4, 0.5) is 0 Å². The summed E-state index contributed by atoms with van der Waals surface area (Å²) in [5.41, 5.74) is 0.463. The number of ketones is 1. The van der Waals surface area contributed by atoms with Gasteiger partial charge in [0.25, 0.3) is 0 Å². The van der Waals surface area contributed by atoms with E-state index in [1.54, 1.807) is 6.92 Å². The van der Waals surface area contributed by atoms with Crippen molar-refractivity contribution in [2.45, 2.75) is 13.8 Å². The van der Waals surface area contributed by atoms with Crippen molar-refractivity contribution in [1.82, 2.24) is 10.6 Å². The summed E-state index contributed by atoms with van der Waals surface area (Å²) in [5.74, 6) is 0.130. The largest absolute Gasteiger partial charge is 0.463 e. The van der Waals surface area contributed by atoms with Gasteiger partial charge in [-0.15, -0.1) is 0 Å². The molecule has 1 heterocycles. The van der Waals surface area contributed by atoms with Gasteiger partial charge in [-0.3, -0.25) is 4.79 Å². The van der Waals surface area contributed by atoms with E-state index in [2.05, 4.69) is 10.6 Å². The Morgan fingerprint density at radius 2 is 1.94 bits per heavy atom. The SMILES string of the molecule is CCOC(=O)/C=C/C(C(C)=O)=C1NCCN1. The maximum atomic E-state index is 11.4. The van der Waals surface area contributed by atoms with Crippen LogP contribution in [0.3, 0.4) is 0 Å².